The van der Waals surface area contributed by atoms with Crippen molar-refractivity contribution in [3.63, 3.8) is 0 Å². The van der Waals surface area contributed by atoms with E-state index in [2.05, 4.69) is 10.1 Å². The van der Waals surface area contributed by atoms with Crippen molar-refractivity contribution in [1.29, 1.82) is 0 Å². The van der Waals surface area contributed by atoms with Crippen LogP contribution in [0.25, 0.3) is 11.3 Å². The first kappa shape index (κ1) is 10.9. The summed E-state index contributed by atoms with van der Waals surface area (Å²) in [6.07, 6.45) is 2.21. The van der Waals surface area contributed by atoms with Gasteiger partial charge < -0.3 is 0 Å². The van der Waals surface area contributed by atoms with Crippen LogP contribution in [-0.2, 0) is 0 Å². The lowest BCUT2D eigenvalue weighted by Gasteiger charge is -1.99. The summed E-state index contributed by atoms with van der Waals surface area (Å²) in [6, 6.07) is 2.28. The van der Waals surface area contributed by atoms with Gasteiger partial charge >= 0.3 is 6.55 Å². The Bertz CT molecular complexity index is 512. The van der Waals surface area contributed by atoms with Crippen molar-refractivity contribution in [3.8, 4) is 11.3 Å². The SMILES string of the molecule is Fc1cc(Cl)ncc1-c1ccn(C(F)F)n1. The molecule has 0 atom stereocenters. The smallest absolute Gasteiger partial charge is 0.244 e. The van der Waals surface area contributed by atoms with Gasteiger partial charge in [-0.1, -0.05) is 11.6 Å². The predicted molar refractivity (Wildman–Crippen MR) is 51.7 cm³/mol. The Morgan fingerprint density at radius 2 is 2.12 bits per heavy atom. The minimum Gasteiger partial charge on any atom is -0.244 e. The molecule has 0 bridgehead atoms. The molecule has 16 heavy (non-hydrogen) atoms. The summed E-state index contributed by atoms with van der Waals surface area (Å²) in [4.78, 5) is 3.66. The normalized spacial score (nSPS) is 11.1. The fourth-order valence-electron chi connectivity index (χ4n) is 1.19. The van der Waals surface area contributed by atoms with Crippen molar-refractivity contribution >= 4 is 11.6 Å². The van der Waals surface area contributed by atoms with E-state index in [0.717, 1.165) is 18.5 Å². The third kappa shape index (κ3) is 2.01. The molecule has 3 nitrogen and oxygen atoms in total. The number of aromatic nitrogens is 3. The summed E-state index contributed by atoms with van der Waals surface area (Å²) >= 11 is 5.46. The molecule has 2 heterocycles. The van der Waals surface area contributed by atoms with Crippen molar-refractivity contribution in [2.45, 2.75) is 6.55 Å². The third-order valence-corrected chi connectivity index (χ3v) is 2.11. The van der Waals surface area contributed by atoms with Gasteiger partial charge in [-0.25, -0.2) is 14.1 Å². The maximum absolute atomic E-state index is 13.4. The van der Waals surface area contributed by atoms with Crippen molar-refractivity contribution in [2.75, 3.05) is 0 Å². The zero-order chi connectivity index (χ0) is 11.7. The predicted octanol–water partition coefficient (Wildman–Crippen LogP) is 3.13. The topological polar surface area (TPSA) is 30.7 Å². The monoisotopic (exact) mass is 247 g/mol. The summed E-state index contributed by atoms with van der Waals surface area (Å²) in [6.45, 7) is -2.75. The summed E-state index contributed by atoms with van der Waals surface area (Å²) in [5.74, 6) is -0.653. The van der Waals surface area contributed by atoms with Crippen LogP contribution in [0.2, 0.25) is 5.15 Å². The van der Waals surface area contributed by atoms with E-state index in [0.29, 0.717) is 4.68 Å². The summed E-state index contributed by atoms with van der Waals surface area (Å²) in [5.41, 5.74) is 0.116. The van der Waals surface area contributed by atoms with Gasteiger partial charge in [-0.2, -0.15) is 13.9 Å². The van der Waals surface area contributed by atoms with Crippen LogP contribution < -0.4 is 0 Å². The fourth-order valence-corrected chi connectivity index (χ4v) is 1.33. The fraction of sp³-hybridized carbons (Fsp3) is 0.111. The zero-order valence-corrected chi connectivity index (χ0v) is 8.50. The van der Waals surface area contributed by atoms with E-state index in [4.69, 9.17) is 11.6 Å². The second-order valence-corrected chi connectivity index (χ2v) is 3.33. The Morgan fingerprint density at radius 3 is 2.69 bits per heavy atom. The number of hydrogen-bond acceptors (Lipinski definition) is 2. The molecule has 7 heteroatoms. The van der Waals surface area contributed by atoms with E-state index >= 15 is 0 Å². The Labute approximate surface area is 93.5 Å². The first-order chi connectivity index (χ1) is 7.58. The summed E-state index contributed by atoms with van der Waals surface area (Å²) in [7, 11) is 0. The maximum atomic E-state index is 13.4. The molecule has 84 valence electrons. The minimum absolute atomic E-state index is 0.00505. The molecule has 0 amide bonds. The molecule has 0 saturated heterocycles. The van der Waals surface area contributed by atoms with Crippen molar-refractivity contribution in [3.05, 3.63) is 35.5 Å². The number of alkyl halides is 2. The molecular formula is C9H5ClF3N3. The van der Waals surface area contributed by atoms with Gasteiger partial charge in [-0.3, -0.25) is 0 Å². The van der Waals surface area contributed by atoms with E-state index in [1.165, 1.54) is 6.07 Å². The lowest BCUT2D eigenvalue weighted by atomic mass is 10.2. The molecule has 0 unspecified atom stereocenters. The van der Waals surface area contributed by atoms with Gasteiger partial charge in [0.15, 0.2) is 0 Å². The molecule has 0 spiro atoms. The van der Waals surface area contributed by atoms with Crippen LogP contribution >= 0.6 is 11.6 Å². The van der Waals surface area contributed by atoms with Gasteiger partial charge in [0.2, 0.25) is 0 Å². The van der Waals surface area contributed by atoms with Gasteiger partial charge in [0, 0.05) is 18.5 Å². The molecule has 0 N–H and O–H groups in total. The lowest BCUT2D eigenvalue weighted by molar-refractivity contribution is 0.0568. The molecule has 0 aromatic carbocycles. The molecule has 0 aliphatic carbocycles. The number of pyridine rings is 1. The highest BCUT2D eigenvalue weighted by Gasteiger charge is 2.12. The minimum atomic E-state index is -2.75. The van der Waals surface area contributed by atoms with Gasteiger partial charge in [0.25, 0.3) is 0 Å². The summed E-state index contributed by atoms with van der Waals surface area (Å²) < 4.78 is 38.3. The highest BCUT2D eigenvalue weighted by molar-refractivity contribution is 6.29. The largest absolute Gasteiger partial charge is 0.333 e. The van der Waals surface area contributed by atoms with E-state index in [1.54, 1.807) is 0 Å². The second-order valence-electron chi connectivity index (χ2n) is 2.95. The van der Waals surface area contributed by atoms with Crippen LogP contribution in [0.3, 0.4) is 0 Å². The molecule has 0 aliphatic rings. The van der Waals surface area contributed by atoms with E-state index in [-0.39, 0.29) is 16.4 Å². The van der Waals surface area contributed by atoms with Gasteiger partial charge in [-0.15, -0.1) is 0 Å². The van der Waals surface area contributed by atoms with Crippen LogP contribution in [0.1, 0.15) is 6.55 Å². The number of rotatable bonds is 2. The van der Waals surface area contributed by atoms with Crippen LogP contribution in [0, 0.1) is 5.82 Å². The van der Waals surface area contributed by atoms with Gasteiger partial charge in [0.05, 0.1) is 11.3 Å². The molecule has 2 rings (SSSR count). The molecule has 2 aromatic heterocycles. The molecular weight excluding hydrogens is 243 g/mol. The third-order valence-electron chi connectivity index (χ3n) is 1.90. The molecule has 0 aliphatic heterocycles. The van der Waals surface area contributed by atoms with Crippen LogP contribution in [0.15, 0.2) is 24.5 Å². The first-order valence-electron chi connectivity index (χ1n) is 4.22. The standard InChI is InChI=1S/C9H5ClF3N3/c10-8-3-6(11)5(4-14-8)7-1-2-16(15-7)9(12)13/h1-4,9H. The van der Waals surface area contributed by atoms with Gasteiger partial charge in [-0.05, 0) is 6.07 Å². The number of nitrogens with zero attached hydrogens (tertiary/aromatic N) is 3. The molecule has 0 saturated carbocycles. The average Bonchev–Trinajstić information content (AvgIpc) is 2.66. The Kier molecular flexibility index (Phi) is 2.82. The Morgan fingerprint density at radius 1 is 1.38 bits per heavy atom. The second kappa shape index (κ2) is 4.13. The van der Waals surface area contributed by atoms with E-state index in [1.807, 2.05) is 0 Å². The van der Waals surface area contributed by atoms with Crippen molar-refractivity contribution in [2.24, 2.45) is 0 Å². The van der Waals surface area contributed by atoms with Crippen molar-refractivity contribution in [1.82, 2.24) is 14.8 Å². The zero-order valence-electron chi connectivity index (χ0n) is 7.74. The van der Waals surface area contributed by atoms with Crippen LogP contribution in [0.4, 0.5) is 13.2 Å². The number of hydrogen-bond donors (Lipinski definition) is 0. The van der Waals surface area contributed by atoms with Crippen LogP contribution in [-0.4, -0.2) is 14.8 Å². The quantitative estimate of drug-likeness (QED) is 0.764. The van der Waals surface area contributed by atoms with E-state index in [9.17, 15) is 13.2 Å². The Hall–Kier alpha value is -1.56. The molecule has 0 fully saturated rings. The Balaban J connectivity index is 2.42. The van der Waals surface area contributed by atoms with Crippen molar-refractivity contribution < 1.29 is 13.2 Å². The maximum Gasteiger partial charge on any atom is 0.333 e. The molecule has 2 aromatic rings. The van der Waals surface area contributed by atoms with Gasteiger partial charge in [0.1, 0.15) is 11.0 Å². The average molecular weight is 248 g/mol. The van der Waals surface area contributed by atoms with E-state index < -0.39 is 12.4 Å². The summed E-state index contributed by atoms with van der Waals surface area (Å²) in [5, 5.41) is 3.51. The molecule has 0 radical (unpaired) electrons. The lowest BCUT2D eigenvalue weighted by Crippen LogP contribution is -1.98. The highest BCUT2D eigenvalue weighted by atomic mass is 35.5. The first-order valence-corrected chi connectivity index (χ1v) is 4.60. The number of halogens is 4. The van der Waals surface area contributed by atoms with Crippen LogP contribution in [0.5, 0.6) is 0 Å². The highest BCUT2D eigenvalue weighted by Crippen LogP contribution is 2.23.